The summed E-state index contributed by atoms with van der Waals surface area (Å²) in [5.74, 6) is 0.284. The lowest BCUT2D eigenvalue weighted by Gasteiger charge is -2.25. The first kappa shape index (κ1) is 9.48. The maximum absolute atomic E-state index is 7.42. The summed E-state index contributed by atoms with van der Waals surface area (Å²) in [6, 6.07) is 0.109. The zero-order valence-corrected chi connectivity index (χ0v) is 7.88. The van der Waals surface area contributed by atoms with E-state index < -0.39 is 0 Å². The predicted molar refractivity (Wildman–Crippen MR) is 50.4 cm³/mol. The summed E-state index contributed by atoms with van der Waals surface area (Å²) < 4.78 is 0. The Kier molecular flexibility index (Phi) is 3.05. The summed E-state index contributed by atoms with van der Waals surface area (Å²) in [7, 11) is 4.11. The summed E-state index contributed by atoms with van der Waals surface area (Å²) in [5.41, 5.74) is 5.50. The molecule has 0 aromatic rings. The van der Waals surface area contributed by atoms with E-state index in [9.17, 15) is 0 Å². The van der Waals surface area contributed by atoms with Crippen molar-refractivity contribution < 1.29 is 0 Å². The van der Waals surface area contributed by atoms with E-state index in [4.69, 9.17) is 11.1 Å². The number of rotatable bonds is 1. The van der Waals surface area contributed by atoms with Gasteiger partial charge in [-0.2, -0.15) is 0 Å². The fourth-order valence-corrected chi connectivity index (χ4v) is 1.61. The van der Waals surface area contributed by atoms with E-state index in [1.54, 1.807) is 0 Å². The number of nitrogens with two attached hydrogens (primary N) is 1. The van der Waals surface area contributed by atoms with Gasteiger partial charge in [0.2, 0.25) is 0 Å². The standard InChI is InChI=1S/C8H18N4/c1-11-4-3-5-12(2)7(6-11)8(9)10/h7H,3-6H2,1-2H3,(H3,9,10). The molecule has 12 heavy (non-hydrogen) atoms. The van der Waals surface area contributed by atoms with Crippen molar-refractivity contribution in [3.8, 4) is 0 Å². The van der Waals surface area contributed by atoms with Gasteiger partial charge < -0.3 is 10.6 Å². The first-order valence-electron chi connectivity index (χ1n) is 4.34. The molecule has 4 heteroatoms. The Bertz CT molecular complexity index is 168. The molecule has 0 aromatic carbocycles. The zero-order chi connectivity index (χ0) is 9.14. The lowest BCUT2D eigenvalue weighted by Crippen LogP contribution is -2.46. The SMILES string of the molecule is CN1CCCN(C)C(C(=N)N)C1. The van der Waals surface area contributed by atoms with Gasteiger partial charge in [0.15, 0.2) is 0 Å². The zero-order valence-electron chi connectivity index (χ0n) is 7.88. The number of nitrogens with one attached hydrogen (secondary N) is 1. The number of hydrogen-bond donors (Lipinski definition) is 2. The summed E-state index contributed by atoms with van der Waals surface area (Å²) in [4.78, 5) is 4.39. The van der Waals surface area contributed by atoms with Gasteiger partial charge in [0, 0.05) is 6.54 Å². The normalized spacial score (nSPS) is 28.3. The lowest BCUT2D eigenvalue weighted by atomic mass is 10.2. The quantitative estimate of drug-likeness (QED) is 0.414. The van der Waals surface area contributed by atoms with Crippen LogP contribution in [-0.2, 0) is 0 Å². The molecule has 1 aliphatic rings. The Labute approximate surface area is 73.8 Å². The molecule has 0 amide bonds. The molecule has 0 saturated carbocycles. The van der Waals surface area contributed by atoms with Crippen LogP contribution in [0.5, 0.6) is 0 Å². The molecule has 0 bridgehead atoms. The van der Waals surface area contributed by atoms with Gasteiger partial charge in [-0.3, -0.25) is 10.3 Å². The van der Waals surface area contributed by atoms with Crippen molar-refractivity contribution in [2.75, 3.05) is 33.7 Å². The average Bonchev–Trinajstić information content (AvgIpc) is 2.13. The molecule has 0 aliphatic carbocycles. The maximum Gasteiger partial charge on any atom is 0.110 e. The molecule has 0 radical (unpaired) electrons. The van der Waals surface area contributed by atoms with Crippen molar-refractivity contribution >= 4 is 5.84 Å². The number of hydrogen-bond acceptors (Lipinski definition) is 3. The first-order valence-corrected chi connectivity index (χ1v) is 4.34. The van der Waals surface area contributed by atoms with Crippen LogP contribution in [0.3, 0.4) is 0 Å². The van der Waals surface area contributed by atoms with Crippen LogP contribution in [0.15, 0.2) is 0 Å². The van der Waals surface area contributed by atoms with Gasteiger partial charge in [0.25, 0.3) is 0 Å². The predicted octanol–water partition coefficient (Wildman–Crippen LogP) is -0.442. The third-order valence-electron chi connectivity index (χ3n) is 2.43. The van der Waals surface area contributed by atoms with Crippen LogP contribution in [0.1, 0.15) is 6.42 Å². The first-order chi connectivity index (χ1) is 5.61. The van der Waals surface area contributed by atoms with Crippen LogP contribution in [0.25, 0.3) is 0 Å². The van der Waals surface area contributed by atoms with Gasteiger partial charge in [-0.05, 0) is 33.6 Å². The van der Waals surface area contributed by atoms with Gasteiger partial charge in [0.1, 0.15) is 5.84 Å². The lowest BCUT2D eigenvalue weighted by molar-refractivity contribution is 0.277. The van der Waals surface area contributed by atoms with Crippen molar-refractivity contribution in [1.29, 1.82) is 5.41 Å². The molecule has 4 nitrogen and oxygen atoms in total. The summed E-state index contributed by atoms with van der Waals surface area (Å²) in [6.07, 6.45) is 1.16. The smallest absolute Gasteiger partial charge is 0.110 e. The van der Waals surface area contributed by atoms with Crippen molar-refractivity contribution in [2.45, 2.75) is 12.5 Å². The second-order valence-electron chi connectivity index (χ2n) is 3.57. The van der Waals surface area contributed by atoms with E-state index in [0.29, 0.717) is 0 Å². The van der Waals surface area contributed by atoms with E-state index in [2.05, 4.69) is 16.8 Å². The van der Waals surface area contributed by atoms with E-state index in [1.807, 2.05) is 7.05 Å². The second kappa shape index (κ2) is 3.87. The van der Waals surface area contributed by atoms with Crippen LogP contribution in [-0.4, -0.2) is 55.4 Å². The van der Waals surface area contributed by atoms with Crippen LogP contribution >= 0.6 is 0 Å². The highest BCUT2D eigenvalue weighted by Gasteiger charge is 2.22. The summed E-state index contributed by atoms with van der Waals surface area (Å²) in [6.45, 7) is 3.02. The molecule has 1 heterocycles. The van der Waals surface area contributed by atoms with Crippen molar-refractivity contribution in [3.63, 3.8) is 0 Å². The summed E-state index contributed by atoms with van der Waals surface area (Å²) in [5, 5.41) is 7.42. The van der Waals surface area contributed by atoms with Crippen LogP contribution in [0, 0.1) is 5.41 Å². The van der Waals surface area contributed by atoms with Gasteiger partial charge in [-0.25, -0.2) is 0 Å². The molecule has 0 spiro atoms. The van der Waals surface area contributed by atoms with Gasteiger partial charge >= 0.3 is 0 Å². The third kappa shape index (κ3) is 2.19. The van der Waals surface area contributed by atoms with Crippen LogP contribution < -0.4 is 5.73 Å². The third-order valence-corrected chi connectivity index (χ3v) is 2.43. The molecule has 1 atom stereocenters. The molecule has 1 fully saturated rings. The largest absolute Gasteiger partial charge is 0.386 e. The number of likely N-dealkylation sites (N-methyl/N-ethyl adjacent to an activating group) is 2. The highest BCUT2D eigenvalue weighted by Crippen LogP contribution is 2.05. The van der Waals surface area contributed by atoms with Gasteiger partial charge in [-0.1, -0.05) is 0 Å². The highest BCUT2D eigenvalue weighted by atomic mass is 15.2. The fraction of sp³-hybridized carbons (Fsp3) is 0.875. The molecule has 70 valence electrons. The monoisotopic (exact) mass is 170 g/mol. The van der Waals surface area contributed by atoms with E-state index in [1.165, 1.54) is 0 Å². The Balaban J connectivity index is 2.60. The summed E-state index contributed by atoms with van der Waals surface area (Å²) >= 11 is 0. The number of nitrogens with zero attached hydrogens (tertiary/aromatic N) is 2. The van der Waals surface area contributed by atoms with E-state index >= 15 is 0 Å². The minimum absolute atomic E-state index is 0.109. The molecule has 1 unspecified atom stereocenters. The van der Waals surface area contributed by atoms with Crippen molar-refractivity contribution in [1.82, 2.24) is 9.80 Å². The van der Waals surface area contributed by atoms with E-state index in [-0.39, 0.29) is 11.9 Å². The minimum Gasteiger partial charge on any atom is -0.386 e. The maximum atomic E-state index is 7.42. The Morgan fingerprint density at radius 3 is 2.67 bits per heavy atom. The average molecular weight is 170 g/mol. The van der Waals surface area contributed by atoms with Crippen molar-refractivity contribution in [3.05, 3.63) is 0 Å². The Hall–Kier alpha value is -0.610. The van der Waals surface area contributed by atoms with Crippen LogP contribution in [0.2, 0.25) is 0 Å². The van der Waals surface area contributed by atoms with E-state index in [0.717, 1.165) is 26.1 Å². The molecule has 1 saturated heterocycles. The van der Waals surface area contributed by atoms with Crippen molar-refractivity contribution in [2.24, 2.45) is 5.73 Å². The van der Waals surface area contributed by atoms with Gasteiger partial charge in [-0.15, -0.1) is 0 Å². The second-order valence-corrected chi connectivity index (χ2v) is 3.57. The number of amidine groups is 1. The fourth-order valence-electron chi connectivity index (χ4n) is 1.61. The topological polar surface area (TPSA) is 56.4 Å². The molecule has 1 aliphatic heterocycles. The van der Waals surface area contributed by atoms with Gasteiger partial charge in [0.05, 0.1) is 6.04 Å². The molecule has 0 aromatic heterocycles. The Morgan fingerprint density at radius 2 is 2.08 bits per heavy atom. The molecular weight excluding hydrogens is 152 g/mol. The highest BCUT2D eigenvalue weighted by molar-refractivity contribution is 5.82. The van der Waals surface area contributed by atoms with Crippen LogP contribution in [0.4, 0.5) is 0 Å². The molecule has 1 rings (SSSR count). The Morgan fingerprint density at radius 1 is 1.42 bits per heavy atom. The molecule has 3 N–H and O–H groups in total. The molecular formula is C8H18N4. The minimum atomic E-state index is 0.109.